The van der Waals surface area contributed by atoms with Crippen molar-refractivity contribution in [3.8, 4) is 11.6 Å². The van der Waals surface area contributed by atoms with Crippen LogP contribution in [0.3, 0.4) is 0 Å². The second-order valence-corrected chi connectivity index (χ2v) is 8.56. The van der Waals surface area contributed by atoms with Gasteiger partial charge < -0.3 is 19.2 Å². The summed E-state index contributed by atoms with van der Waals surface area (Å²) < 4.78 is 24.6. The zero-order chi connectivity index (χ0) is 22.4. The molecule has 2 aromatic rings. The van der Waals surface area contributed by atoms with E-state index >= 15 is 0 Å². The highest BCUT2D eigenvalue weighted by molar-refractivity contribution is 5.60. The molecular weight excluding hydrogens is 403 g/mol. The predicted molar refractivity (Wildman–Crippen MR) is 113 cm³/mol. The van der Waals surface area contributed by atoms with Crippen molar-refractivity contribution in [2.45, 2.75) is 39.2 Å². The number of hydroxylamine groups is 2. The predicted octanol–water partition coefficient (Wildman–Crippen LogP) is 4.42. The monoisotopic (exact) mass is 432 g/mol. The zero-order valence-corrected chi connectivity index (χ0v) is 18.4. The Balaban J connectivity index is 1.49. The van der Waals surface area contributed by atoms with Crippen LogP contribution < -0.4 is 9.64 Å². The maximum absolute atomic E-state index is 13.8. The number of hydrogen-bond acceptors (Lipinski definition) is 8. The first-order valence-corrected chi connectivity index (χ1v) is 10.3. The molecule has 1 fully saturated rings. The Kier molecular flexibility index (Phi) is 7.27. The number of piperidine rings is 1. The van der Waals surface area contributed by atoms with Gasteiger partial charge in [0.2, 0.25) is 5.88 Å². The summed E-state index contributed by atoms with van der Waals surface area (Å²) in [5, 5.41) is 1.65. The molecule has 8 nitrogen and oxygen atoms in total. The number of carbonyl (C=O) groups is 1. The highest BCUT2D eigenvalue weighted by Crippen LogP contribution is 2.26. The number of rotatable bonds is 6. The SMILES string of the molecule is CN(CC1CCN(OC(=O)OC(C)(C)C)CC1)c1cc(Oc2ccccc2F)ncn1. The summed E-state index contributed by atoms with van der Waals surface area (Å²) >= 11 is 0. The molecule has 1 aromatic carbocycles. The molecular formula is C22H29FN4O4. The Morgan fingerprint density at radius 3 is 2.61 bits per heavy atom. The summed E-state index contributed by atoms with van der Waals surface area (Å²) in [5.41, 5.74) is -0.579. The molecule has 1 saturated heterocycles. The molecule has 0 radical (unpaired) electrons. The molecule has 0 amide bonds. The lowest BCUT2D eigenvalue weighted by Gasteiger charge is -2.33. The number of carbonyl (C=O) groups excluding carboxylic acids is 1. The van der Waals surface area contributed by atoms with Crippen molar-refractivity contribution in [1.29, 1.82) is 0 Å². The Morgan fingerprint density at radius 2 is 1.94 bits per heavy atom. The first-order chi connectivity index (χ1) is 14.7. The second-order valence-electron chi connectivity index (χ2n) is 8.56. The van der Waals surface area contributed by atoms with Gasteiger partial charge in [0.05, 0.1) is 0 Å². The molecule has 1 aromatic heterocycles. The molecule has 0 bridgehead atoms. The summed E-state index contributed by atoms with van der Waals surface area (Å²) in [7, 11) is 1.94. The highest BCUT2D eigenvalue weighted by Gasteiger charge is 2.26. The number of aromatic nitrogens is 2. The average Bonchev–Trinajstić information content (AvgIpc) is 2.70. The standard InChI is InChI=1S/C22H29FN4O4/c1-22(2,3)30-21(28)31-27-11-9-16(10-12-27)14-26(4)19-13-20(25-15-24-19)29-18-8-6-5-7-17(18)23/h5-8,13,15-16H,9-12,14H2,1-4H3. The molecule has 1 aliphatic rings. The van der Waals surface area contributed by atoms with Crippen LogP contribution in [0.5, 0.6) is 11.6 Å². The molecule has 0 spiro atoms. The van der Waals surface area contributed by atoms with E-state index in [4.69, 9.17) is 14.3 Å². The number of benzene rings is 1. The number of halogens is 1. The third-order valence-electron chi connectivity index (χ3n) is 4.77. The molecule has 0 aliphatic carbocycles. The van der Waals surface area contributed by atoms with E-state index in [9.17, 15) is 9.18 Å². The molecule has 168 valence electrons. The molecule has 2 heterocycles. The van der Waals surface area contributed by atoms with Gasteiger partial charge in [-0.2, -0.15) is 0 Å². The summed E-state index contributed by atoms with van der Waals surface area (Å²) in [4.78, 5) is 27.5. The lowest BCUT2D eigenvalue weighted by molar-refractivity contribution is -0.154. The van der Waals surface area contributed by atoms with Crippen molar-refractivity contribution in [2.24, 2.45) is 5.92 Å². The Morgan fingerprint density at radius 1 is 1.23 bits per heavy atom. The van der Waals surface area contributed by atoms with Gasteiger partial charge >= 0.3 is 6.16 Å². The maximum Gasteiger partial charge on any atom is 0.528 e. The lowest BCUT2D eigenvalue weighted by atomic mass is 9.97. The maximum atomic E-state index is 13.8. The van der Waals surface area contributed by atoms with Gasteiger partial charge in [-0.1, -0.05) is 12.1 Å². The summed E-state index contributed by atoms with van der Waals surface area (Å²) in [6.07, 6.45) is 2.47. The van der Waals surface area contributed by atoms with Gasteiger partial charge in [-0.3, -0.25) is 0 Å². The third kappa shape index (κ3) is 7.06. The van der Waals surface area contributed by atoms with E-state index in [1.807, 2.05) is 11.9 Å². The fourth-order valence-electron chi connectivity index (χ4n) is 3.27. The van der Waals surface area contributed by atoms with E-state index < -0.39 is 17.6 Å². The molecule has 9 heteroatoms. The first-order valence-electron chi connectivity index (χ1n) is 10.3. The largest absolute Gasteiger partial charge is 0.528 e. The average molecular weight is 432 g/mol. The van der Waals surface area contributed by atoms with Crippen LogP contribution in [0.15, 0.2) is 36.7 Å². The minimum atomic E-state index is -0.675. The van der Waals surface area contributed by atoms with Crippen LogP contribution in [0.1, 0.15) is 33.6 Å². The number of para-hydroxylation sites is 1. The minimum Gasteiger partial charge on any atom is -0.436 e. The highest BCUT2D eigenvalue weighted by atomic mass is 19.1. The number of hydrogen-bond donors (Lipinski definition) is 0. The normalized spacial score (nSPS) is 15.4. The third-order valence-corrected chi connectivity index (χ3v) is 4.77. The lowest BCUT2D eigenvalue weighted by Crippen LogP contribution is -2.40. The van der Waals surface area contributed by atoms with Crippen LogP contribution in [0.4, 0.5) is 15.0 Å². The summed E-state index contributed by atoms with van der Waals surface area (Å²) in [5.74, 6) is 1.05. The van der Waals surface area contributed by atoms with Crippen molar-refractivity contribution in [3.05, 3.63) is 42.5 Å². The van der Waals surface area contributed by atoms with Crippen LogP contribution in [-0.2, 0) is 9.57 Å². The van der Waals surface area contributed by atoms with Gasteiger partial charge in [-0.05, 0) is 51.7 Å². The van der Waals surface area contributed by atoms with E-state index in [0.29, 0.717) is 24.8 Å². The fraction of sp³-hybridized carbons (Fsp3) is 0.500. The Bertz CT molecular complexity index is 882. The van der Waals surface area contributed by atoms with Crippen molar-refractivity contribution < 1.29 is 23.5 Å². The molecule has 3 rings (SSSR count). The van der Waals surface area contributed by atoms with Crippen molar-refractivity contribution in [3.63, 3.8) is 0 Å². The summed E-state index contributed by atoms with van der Waals surface area (Å²) in [6, 6.07) is 7.88. The van der Waals surface area contributed by atoms with Crippen LogP contribution >= 0.6 is 0 Å². The van der Waals surface area contributed by atoms with E-state index in [1.165, 1.54) is 12.4 Å². The van der Waals surface area contributed by atoms with Crippen molar-refractivity contribution in [1.82, 2.24) is 15.0 Å². The molecule has 0 unspecified atom stereocenters. The van der Waals surface area contributed by atoms with Crippen molar-refractivity contribution in [2.75, 3.05) is 31.6 Å². The second kappa shape index (κ2) is 9.91. The van der Waals surface area contributed by atoms with Gasteiger partial charge in [0.25, 0.3) is 0 Å². The first kappa shape index (κ1) is 22.7. The Hall–Kier alpha value is -2.94. The van der Waals surface area contributed by atoms with Gasteiger partial charge in [-0.25, -0.2) is 19.2 Å². The molecule has 1 aliphatic heterocycles. The fourth-order valence-corrected chi connectivity index (χ4v) is 3.27. The van der Waals surface area contributed by atoms with Gasteiger partial charge in [-0.15, -0.1) is 5.06 Å². The molecule has 31 heavy (non-hydrogen) atoms. The van der Waals surface area contributed by atoms with Crippen LogP contribution in [0.25, 0.3) is 0 Å². The van der Waals surface area contributed by atoms with Crippen molar-refractivity contribution >= 4 is 12.0 Å². The zero-order valence-electron chi connectivity index (χ0n) is 18.4. The summed E-state index contributed by atoms with van der Waals surface area (Å²) in [6.45, 7) is 7.46. The topological polar surface area (TPSA) is 77.0 Å². The molecule has 0 saturated carbocycles. The quantitative estimate of drug-likeness (QED) is 0.621. The number of anilines is 1. The van der Waals surface area contributed by atoms with E-state index in [1.54, 1.807) is 50.1 Å². The van der Waals surface area contributed by atoms with Gasteiger partial charge in [0, 0.05) is 32.7 Å². The van der Waals surface area contributed by atoms with Crippen LogP contribution in [0.2, 0.25) is 0 Å². The number of nitrogens with zero attached hydrogens (tertiary/aromatic N) is 4. The van der Waals surface area contributed by atoms with E-state index in [0.717, 1.165) is 19.4 Å². The van der Waals surface area contributed by atoms with Gasteiger partial charge in [0.1, 0.15) is 17.7 Å². The minimum absolute atomic E-state index is 0.118. The van der Waals surface area contributed by atoms with Crippen LogP contribution in [-0.4, -0.2) is 53.5 Å². The van der Waals surface area contributed by atoms with E-state index in [2.05, 4.69) is 9.97 Å². The number of ether oxygens (including phenoxy) is 2. The van der Waals surface area contributed by atoms with Crippen LogP contribution in [0, 0.1) is 11.7 Å². The molecule has 0 N–H and O–H groups in total. The smallest absolute Gasteiger partial charge is 0.436 e. The Labute approximate surface area is 181 Å². The van der Waals surface area contributed by atoms with Gasteiger partial charge in [0.15, 0.2) is 11.6 Å². The molecule has 0 atom stereocenters. The van der Waals surface area contributed by atoms with E-state index in [-0.39, 0.29) is 11.6 Å².